The number of amides is 1. The maximum absolute atomic E-state index is 13.3. The molecule has 0 aliphatic carbocycles. The van der Waals surface area contributed by atoms with Crippen molar-refractivity contribution >= 4 is 44.2 Å². The molecule has 0 unspecified atom stereocenters. The van der Waals surface area contributed by atoms with Gasteiger partial charge in [0.15, 0.2) is 4.90 Å². The number of sulfonamides is 1. The average Bonchev–Trinajstić information content (AvgIpc) is 3.41. The molecule has 0 radical (unpaired) electrons. The Morgan fingerprint density at radius 2 is 1.83 bits per heavy atom. The van der Waals surface area contributed by atoms with Gasteiger partial charge in [-0.15, -0.1) is 0 Å². The lowest BCUT2D eigenvalue weighted by molar-refractivity contribution is -0.387. The Morgan fingerprint density at radius 1 is 1.17 bits per heavy atom. The van der Waals surface area contributed by atoms with Crippen LogP contribution in [0.3, 0.4) is 0 Å². The zero-order chi connectivity index (χ0) is 26.5. The minimum atomic E-state index is -4.51. The summed E-state index contributed by atoms with van der Waals surface area (Å²) in [6, 6.07) is 4.96. The van der Waals surface area contributed by atoms with Gasteiger partial charge in [0.25, 0.3) is 15.7 Å². The number of nitrogens with zero attached hydrogens (tertiary/aromatic N) is 6. The van der Waals surface area contributed by atoms with Gasteiger partial charge in [-0.1, -0.05) is 25.0 Å². The molecule has 2 heterocycles. The summed E-state index contributed by atoms with van der Waals surface area (Å²) in [5.74, 6) is 0.805. The van der Waals surface area contributed by atoms with Crippen molar-refractivity contribution in [3.8, 4) is 0 Å². The monoisotopic (exact) mass is 538 g/mol. The van der Waals surface area contributed by atoms with Gasteiger partial charge in [-0.25, -0.2) is 22.5 Å². The number of imidazole rings is 1. The van der Waals surface area contributed by atoms with Crippen LogP contribution in [0.4, 0.5) is 16.4 Å². The Labute approximate surface area is 213 Å². The van der Waals surface area contributed by atoms with Gasteiger partial charge in [-0.3, -0.25) is 14.5 Å². The molecule has 1 aromatic carbocycles. The largest absolute Gasteiger partial charge is 0.443 e. The van der Waals surface area contributed by atoms with Crippen molar-refractivity contribution in [3.05, 3.63) is 46.8 Å². The topological polar surface area (TPSA) is 140 Å². The summed E-state index contributed by atoms with van der Waals surface area (Å²) < 4.78 is 38.8. The summed E-state index contributed by atoms with van der Waals surface area (Å²) in [5, 5.41) is 11.4. The third kappa shape index (κ3) is 6.49. The normalized spacial score (nSPS) is 12.0. The van der Waals surface area contributed by atoms with Gasteiger partial charge in [0.2, 0.25) is 10.9 Å². The highest BCUT2D eigenvalue weighted by atomic mass is 32.2. The van der Waals surface area contributed by atoms with Crippen LogP contribution < -0.4 is 4.90 Å². The number of carbonyl (C=O) groups is 1. The molecular formula is C22H30N6O6S2. The molecular weight excluding hydrogens is 508 g/mol. The number of unbranched alkanes of at least 4 members (excludes halogenated alkanes) is 3. The molecule has 0 bridgehead atoms. The van der Waals surface area contributed by atoms with Gasteiger partial charge in [0, 0.05) is 50.1 Å². The van der Waals surface area contributed by atoms with E-state index in [1.54, 1.807) is 27.0 Å². The van der Waals surface area contributed by atoms with Crippen molar-refractivity contribution in [2.24, 2.45) is 0 Å². The van der Waals surface area contributed by atoms with Gasteiger partial charge in [0.1, 0.15) is 5.60 Å². The van der Waals surface area contributed by atoms with Crippen molar-refractivity contribution < 1.29 is 22.9 Å². The Hall–Kier alpha value is -3.26. The smallest absolute Gasteiger partial charge is 0.424 e. The van der Waals surface area contributed by atoms with E-state index in [1.165, 1.54) is 23.7 Å². The maximum Gasteiger partial charge on any atom is 0.424 e. The third-order valence-electron chi connectivity index (χ3n) is 5.20. The van der Waals surface area contributed by atoms with E-state index in [-0.39, 0.29) is 6.54 Å². The number of hydrogen-bond acceptors (Lipinski definition) is 10. The molecule has 0 aliphatic rings. The van der Waals surface area contributed by atoms with Crippen molar-refractivity contribution in [1.82, 2.24) is 18.1 Å². The van der Waals surface area contributed by atoms with Crippen LogP contribution in [0.15, 0.2) is 41.6 Å². The quantitative estimate of drug-likeness (QED) is 0.198. The van der Waals surface area contributed by atoms with Crippen LogP contribution >= 0.6 is 11.5 Å². The number of hydrogen-bond donors (Lipinski definition) is 0. The standard InChI is InChI=1S/C22H30N6O6S2/c1-22(2,3)34-21(29)27(36(32,33)18-12-8-7-11-17(18)28(30)31)15-10-6-5-9-14-25(4)19-24-35-20-23-13-16-26(19)20/h7-8,11-13,16H,5-6,9-10,14-15H2,1-4H3. The van der Waals surface area contributed by atoms with Crippen LogP contribution in [0.25, 0.3) is 4.96 Å². The number of ether oxygens (including phenoxy) is 1. The Bertz CT molecular complexity index is 1310. The highest BCUT2D eigenvalue weighted by Gasteiger charge is 2.36. The van der Waals surface area contributed by atoms with Crippen LogP contribution in [0.1, 0.15) is 46.5 Å². The fraction of sp³-hybridized carbons (Fsp3) is 0.500. The summed E-state index contributed by atoms with van der Waals surface area (Å²) in [6.07, 6.45) is 5.16. The van der Waals surface area contributed by atoms with Crippen LogP contribution in [0.2, 0.25) is 0 Å². The predicted molar refractivity (Wildman–Crippen MR) is 136 cm³/mol. The second-order valence-electron chi connectivity index (χ2n) is 9.18. The van der Waals surface area contributed by atoms with E-state index < -0.39 is 37.2 Å². The van der Waals surface area contributed by atoms with Gasteiger partial charge < -0.3 is 9.64 Å². The molecule has 2 aromatic heterocycles. The summed E-state index contributed by atoms with van der Waals surface area (Å²) in [7, 11) is -2.56. The number of aromatic nitrogens is 3. The second kappa shape index (κ2) is 11.2. The molecule has 36 heavy (non-hydrogen) atoms. The summed E-state index contributed by atoms with van der Waals surface area (Å²) in [4.78, 5) is 30.0. The highest BCUT2D eigenvalue weighted by molar-refractivity contribution is 7.89. The van der Waals surface area contributed by atoms with Gasteiger partial charge in [-0.05, 0) is 39.7 Å². The number of rotatable bonds is 11. The van der Waals surface area contributed by atoms with Crippen molar-refractivity contribution in [3.63, 3.8) is 0 Å². The van der Waals surface area contributed by atoms with Gasteiger partial charge >= 0.3 is 6.09 Å². The SMILES string of the molecule is CN(CCCCCCN(C(=O)OC(C)(C)C)S(=O)(=O)c1ccccc1[N+](=O)[O-])c1nsc2nccn12. The summed E-state index contributed by atoms with van der Waals surface area (Å²) in [6.45, 7) is 5.45. The van der Waals surface area contributed by atoms with Gasteiger partial charge in [-0.2, -0.15) is 4.37 Å². The van der Waals surface area contributed by atoms with Crippen molar-refractivity contribution in [1.29, 1.82) is 0 Å². The number of anilines is 1. The molecule has 0 aliphatic heterocycles. The molecule has 3 rings (SSSR count). The van der Waals surface area contributed by atoms with Crippen LogP contribution in [0.5, 0.6) is 0 Å². The number of nitro benzene ring substituents is 1. The molecule has 3 aromatic rings. The fourth-order valence-electron chi connectivity index (χ4n) is 3.51. The van der Waals surface area contributed by atoms with Crippen molar-refractivity contribution in [2.75, 3.05) is 25.0 Å². The fourth-order valence-corrected chi connectivity index (χ4v) is 5.74. The first-order valence-corrected chi connectivity index (χ1v) is 13.6. The van der Waals surface area contributed by atoms with Crippen molar-refractivity contribution in [2.45, 2.75) is 57.0 Å². The highest BCUT2D eigenvalue weighted by Crippen LogP contribution is 2.28. The Morgan fingerprint density at radius 3 is 2.50 bits per heavy atom. The number of para-hydroxylation sites is 1. The molecule has 1 amide bonds. The first kappa shape index (κ1) is 27.3. The maximum atomic E-state index is 13.3. The predicted octanol–water partition coefficient (Wildman–Crippen LogP) is 4.32. The van der Waals surface area contributed by atoms with E-state index in [4.69, 9.17) is 4.74 Å². The van der Waals surface area contributed by atoms with Crippen LogP contribution in [-0.2, 0) is 14.8 Å². The minimum absolute atomic E-state index is 0.152. The average molecular weight is 539 g/mol. The lowest BCUT2D eigenvalue weighted by atomic mass is 10.2. The first-order chi connectivity index (χ1) is 16.9. The summed E-state index contributed by atoms with van der Waals surface area (Å²) >= 11 is 1.32. The van der Waals surface area contributed by atoms with Crippen LogP contribution in [-0.4, -0.2) is 63.2 Å². The van der Waals surface area contributed by atoms with Gasteiger partial charge in [0.05, 0.1) is 4.92 Å². The van der Waals surface area contributed by atoms with E-state index in [0.717, 1.165) is 42.4 Å². The Balaban J connectivity index is 1.62. The van der Waals surface area contributed by atoms with Crippen LogP contribution in [0, 0.1) is 10.1 Å². The first-order valence-electron chi connectivity index (χ1n) is 11.4. The number of carbonyl (C=O) groups excluding carboxylic acids is 1. The third-order valence-corrected chi connectivity index (χ3v) is 7.74. The van der Waals surface area contributed by atoms with E-state index >= 15 is 0 Å². The molecule has 0 saturated carbocycles. The zero-order valence-electron chi connectivity index (χ0n) is 20.7. The molecule has 0 N–H and O–H groups in total. The molecule has 0 spiro atoms. The zero-order valence-corrected chi connectivity index (χ0v) is 22.3. The number of fused-ring (bicyclic) bond motifs is 1. The van der Waals surface area contributed by atoms with E-state index in [0.29, 0.717) is 17.1 Å². The van der Waals surface area contributed by atoms with E-state index in [1.807, 2.05) is 22.5 Å². The van der Waals surface area contributed by atoms with E-state index in [9.17, 15) is 23.3 Å². The summed E-state index contributed by atoms with van der Waals surface area (Å²) in [5.41, 5.74) is -1.53. The second-order valence-corrected chi connectivity index (χ2v) is 11.7. The molecule has 0 atom stereocenters. The number of nitro groups is 1. The molecule has 14 heteroatoms. The molecule has 0 fully saturated rings. The molecule has 0 saturated heterocycles. The van der Waals surface area contributed by atoms with E-state index in [2.05, 4.69) is 9.36 Å². The lowest BCUT2D eigenvalue weighted by Gasteiger charge is -2.27. The minimum Gasteiger partial charge on any atom is -0.443 e. The lowest BCUT2D eigenvalue weighted by Crippen LogP contribution is -2.41. The Kier molecular flexibility index (Phi) is 8.51. The number of benzene rings is 1. The molecule has 12 nitrogen and oxygen atoms in total. The molecule has 196 valence electrons.